The van der Waals surface area contributed by atoms with E-state index in [1.807, 2.05) is 48.9 Å². The first kappa shape index (κ1) is 18.8. The van der Waals surface area contributed by atoms with E-state index >= 15 is 0 Å². The molecule has 1 atom stereocenters. The maximum Gasteiger partial charge on any atom is 0.298 e. The van der Waals surface area contributed by atoms with E-state index in [1.54, 1.807) is 0 Å². The molecule has 1 aliphatic rings. The van der Waals surface area contributed by atoms with Crippen LogP contribution in [0.5, 0.6) is 0 Å². The van der Waals surface area contributed by atoms with Crippen molar-refractivity contribution in [1.82, 2.24) is 19.4 Å². The molecular weight excluding hydrogens is 381 g/mol. The maximum atomic E-state index is 13.3. The van der Waals surface area contributed by atoms with Crippen LogP contribution >= 0.6 is 0 Å². The van der Waals surface area contributed by atoms with Crippen molar-refractivity contribution in [2.24, 2.45) is 0 Å². The van der Waals surface area contributed by atoms with Crippen molar-refractivity contribution in [2.75, 3.05) is 31.1 Å². The molecule has 154 valence electrons. The molecule has 0 bridgehead atoms. The molecule has 1 fully saturated rings. The molecule has 3 heterocycles. The zero-order valence-corrected chi connectivity index (χ0v) is 16.9. The Morgan fingerprint density at radius 2 is 1.80 bits per heavy atom. The largest absolute Gasteiger partial charge is 0.423 e. The highest BCUT2D eigenvalue weighted by molar-refractivity contribution is 5.74. The van der Waals surface area contributed by atoms with Crippen molar-refractivity contribution in [3.05, 3.63) is 78.1 Å². The van der Waals surface area contributed by atoms with Gasteiger partial charge in [0.1, 0.15) is 11.3 Å². The lowest BCUT2D eigenvalue weighted by Gasteiger charge is -2.34. The molecule has 6 nitrogen and oxygen atoms in total. The zero-order valence-electron chi connectivity index (χ0n) is 16.9. The fourth-order valence-electron chi connectivity index (χ4n) is 4.03. The number of nitrogens with zero attached hydrogens (tertiary/aromatic N) is 5. The second kappa shape index (κ2) is 7.91. The molecule has 0 spiro atoms. The van der Waals surface area contributed by atoms with E-state index in [4.69, 9.17) is 4.42 Å². The number of imidazole rings is 1. The standard InChI is InChI=1S/C23H24FN5O/c1-17(18-6-8-19(24)9-7-18)29-16-25-14-20(29)15-27-10-12-28(13-11-27)23-26-21-4-2-3-5-22(21)30-23/h2-9,14,16-17H,10-13,15H2,1H3. The van der Waals surface area contributed by atoms with Crippen molar-refractivity contribution in [3.8, 4) is 0 Å². The van der Waals surface area contributed by atoms with Crippen LogP contribution in [0, 0.1) is 5.82 Å². The first-order chi connectivity index (χ1) is 14.7. The van der Waals surface area contributed by atoms with E-state index in [0.717, 1.165) is 55.1 Å². The van der Waals surface area contributed by atoms with Crippen LogP contribution < -0.4 is 4.90 Å². The second-order valence-corrected chi connectivity index (χ2v) is 7.75. The predicted octanol–water partition coefficient (Wildman–Crippen LogP) is 4.09. The Labute approximate surface area is 174 Å². The lowest BCUT2D eigenvalue weighted by molar-refractivity contribution is 0.239. The number of hydrogen-bond donors (Lipinski definition) is 0. The summed E-state index contributed by atoms with van der Waals surface area (Å²) in [4.78, 5) is 13.6. The summed E-state index contributed by atoms with van der Waals surface area (Å²) >= 11 is 0. The second-order valence-electron chi connectivity index (χ2n) is 7.75. The van der Waals surface area contributed by atoms with Crippen LogP contribution in [0.15, 0.2) is 65.5 Å². The van der Waals surface area contributed by atoms with Gasteiger partial charge in [0.25, 0.3) is 6.01 Å². The van der Waals surface area contributed by atoms with Gasteiger partial charge < -0.3 is 13.9 Å². The van der Waals surface area contributed by atoms with Crippen LogP contribution in [0.2, 0.25) is 0 Å². The molecule has 2 aromatic carbocycles. The van der Waals surface area contributed by atoms with Crippen LogP contribution in [-0.4, -0.2) is 45.6 Å². The molecule has 0 N–H and O–H groups in total. The number of aromatic nitrogens is 3. The normalized spacial score (nSPS) is 16.3. The van der Waals surface area contributed by atoms with Gasteiger partial charge in [0.05, 0.1) is 18.1 Å². The lowest BCUT2D eigenvalue weighted by Crippen LogP contribution is -2.46. The van der Waals surface area contributed by atoms with Crippen LogP contribution in [0.1, 0.15) is 24.2 Å². The number of rotatable bonds is 5. The fourth-order valence-corrected chi connectivity index (χ4v) is 4.03. The molecule has 7 heteroatoms. The number of halogens is 1. The summed E-state index contributed by atoms with van der Waals surface area (Å²) in [5.74, 6) is -0.214. The number of oxazole rings is 1. The summed E-state index contributed by atoms with van der Waals surface area (Å²) in [5.41, 5.74) is 3.95. The van der Waals surface area contributed by atoms with Gasteiger partial charge in [0, 0.05) is 38.9 Å². The Kier molecular flexibility index (Phi) is 4.96. The van der Waals surface area contributed by atoms with Crippen molar-refractivity contribution in [2.45, 2.75) is 19.5 Å². The Balaban J connectivity index is 1.24. The van der Waals surface area contributed by atoms with Crippen molar-refractivity contribution in [3.63, 3.8) is 0 Å². The summed E-state index contributed by atoms with van der Waals surface area (Å²) < 4.78 is 21.3. The van der Waals surface area contributed by atoms with Gasteiger partial charge >= 0.3 is 0 Å². The average molecular weight is 405 g/mol. The van der Waals surface area contributed by atoms with Crippen molar-refractivity contribution in [1.29, 1.82) is 0 Å². The van der Waals surface area contributed by atoms with Gasteiger partial charge in [-0.3, -0.25) is 4.90 Å². The zero-order chi connectivity index (χ0) is 20.5. The fraction of sp³-hybridized carbons (Fsp3) is 0.304. The molecule has 2 aromatic heterocycles. The summed E-state index contributed by atoms with van der Waals surface area (Å²) in [6, 6.07) is 15.4. The molecule has 30 heavy (non-hydrogen) atoms. The smallest absolute Gasteiger partial charge is 0.298 e. The van der Waals surface area contributed by atoms with Crippen LogP contribution in [0.25, 0.3) is 11.1 Å². The number of piperazine rings is 1. The van der Waals surface area contributed by atoms with E-state index in [9.17, 15) is 4.39 Å². The molecule has 4 aromatic rings. The van der Waals surface area contributed by atoms with E-state index in [0.29, 0.717) is 6.01 Å². The van der Waals surface area contributed by atoms with E-state index < -0.39 is 0 Å². The van der Waals surface area contributed by atoms with E-state index in [2.05, 4.69) is 31.3 Å². The van der Waals surface area contributed by atoms with Crippen LogP contribution in [0.4, 0.5) is 10.4 Å². The van der Waals surface area contributed by atoms with Gasteiger partial charge in [-0.2, -0.15) is 4.98 Å². The number of anilines is 1. The number of benzene rings is 2. The molecule has 0 radical (unpaired) electrons. The minimum absolute atomic E-state index is 0.101. The van der Waals surface area contributed by atoms with Gasteiger partial charge in [-0.25, -0.2) is 9.37 Å². The van der Waals surface area contributed by atoms with E-state index in [-0.39, 0.29) is 11.9 Å². The van der Waals surface area contributed by atoms with Crippen molar-refractivity contribution < 1.29 is 8.81 Å². The van der Waals surface area contributed by atoms with Gasteiger partial charge in [-0.15, -0.1) is 0 Å². The molecule has 1 unspecified atom stereocenters. The SMILES string of the molecule is CC(c1ccc(F)cc1)n1cncc1CN1CCN(c2nc3ccccc3o2)CC1. The number of para-hydroxylation sites is 2. The topological polar surface area (TPSA) is 50.3 Å². The molecule has 0 amide bonds. The molecule has 1 saturated heterocycles. The minimum Gasteiger partial charge on any atom is -0.423 e. The Bertz CT molecular complexity index is 1090. The minimum atomic E-state index is -0.214. The third-order valence-electron chi connectivity index (χ3n) is 5.83. The lowest BCUT2D eigenvalue weighted by atomic mass is 10.1. The molecule has 0 aliphatic carbocycles. The highest BCUT2D eigenvalue weighted by Gasteiger charge is 2.22. The molecule has 5 rings (SSSR count). The highest BCUT2D eigenvalue weighted by Crippen LogP contribution is 2.24. The summed E-state index contributed by atoms with van der Waals surface area (Å²) in [5, 5.41) is 0. The Hall–Kier alpha value is -3.19. The van der Waals surface area contributed by atoms with Gasteiger partial charge in [0.15, 0.2) is 5.58 Å². The summed E-state index contributed by atoms with van der Waals surface area (Å²) in [6.45, 7) is 6.53. The van der Waals surface area contributed by atoms with Gasteiger partial charge in [-0.1, -0.05) is 24.3 Å². The van der Waals surface area contributed by atoms with Crippen LogP contribution in [0.3, 0.4) is 0 Å². The first-order valence-electron chi connectivity index (χ1n) is 10.3. The monoisotopic (exact) mass is 405 g/mol. The maximum absolute atomic E-state index is 13.3. The molecule has 1 aliphatic heterocycles. The molecular formula is C23H24FN5O. The average Bonchev–Trinajstić information content (AvgIpc) is 3.41. The summed E-state index contributed by atoms with van der Waals surface area (Å²) in [6.07, 6.45) is 3.78. The number of fused-ring (bicyclic) bond motifs is 1. The third-order valence-corrected chi connectivity index (χ3v) is 5.83. The quantitative estimate of drug-likeness (QED) is 0.500. The summed E-state index contributed by atoms with van der Waals surface area (Å²) in [7, 11) is 0. The Morgan fingerprint density at radius 3 is 2.57 bits per heavy atom. The third kappa shape index (κ3) is 3.68. The molecule has 0 saturated carbocycles. The van der Waals surface area contributed by atoms with Crippen LogP contribution in [-0.2, 0) is 6.54 Å². The van der Waals surface area contributed by atoms with Crippen molar-refractivity contribution >= 4 is 17.1 Å². The highest BCUT2D eigenvalue weighted by atomic mass is 19.1. The Morgan fingerprint density at radius 1 is 1.03 bits per heavy atom. The number of hydrogen-bond acceptors (Lipinski definition) is 5. The van der Waals surface area contributed by atoms with E-state index in [1.165, 1.54) is 12.1 Å². The first-order valence-corrected chi connectivity index (χ1v) is 10.3. The van der Waals surface area contributed by atoms with Gasteiger partial charge in [0.2, 0.25) is 0 Å². The van der Waals surface area contributed by atoms with Gasteiger partial charge in [-0.05, 0) is 36.8 Å². The predicted molar refractivity (Wildman–Crippen MR) is 114 cm³/mol.